The smallest absolute Gasteiger partial charge is 0.0543 e. The number of hydrogen-bond donors (Lipinski definition) is 1. The van der Waals surface area contributed by atoms with E-state index in [2.05, 4.69) is 52.6 Å². The van der Waals surface area contributed by atoms with Crippen molar-refractivity contribution >= 4 is 5.69 Å². The maximum absolute atomic E-state index is 4.34. The molecule has 0 amide bonds. The first-order chi connectivity index (χ1) is 8.78. The molecular formula is C15H19N3. The monoisotopic (exact) mass is 241 g/mol. The van der Waals surface area contributed by atoms with Crippen LogP contribution < -0.4 is 5.32 Å². The van der Waals surface area contributed by atoms with E-state index < -0.39 is 0 Å². The summed E-state index contributed by atoms with van der Waals surface area (Å²) in [6.45, 7) is 1.80. The average molecular weight is 241 g/mol. The SMILES string of the molecule is CNc1ccc(CN(C)Cc2ccccn2)cc1. The normalized spacial score (nSPS) is 10.6. The molecule has 3 heteroatoms. The summed E-state index contributed by atoms with van der Waals surface area (Å²) in [6.07, 6.45) is 1.84. The van der Waals surface area contributed by atoms with Gasteiger partial charge in [-0.1, -0.05) is 18.2 Å². The summed E-state index contributed by atoms with van der Waals surface area (Å²) in [5, 5.41) is 3.12. The number of nitrogens with one attached hydrogen (secondary N) is 1. The molecule has 1 aromatic carbocycles. The summed E-state index contributed by atoms with van der Waals surface area (Å²) in [6, 6.07) is 14.5. The largest absolute Gasteiger partial charge is 0.388 e. The van der Waals surface area contributed by atoms with Gasteiger partial charge in [-0.3, -0.25) is 9.88 Å². The quantitative estimate of drug-likeness (QED) is 0.872. The standard InChI is InChI=1S/C15H19N3/c1-16-14-8-6-13(7-9-14)11-18(2)12-15-5-3-4-10-17-15/h3-10,16H,11-12H2,1-2H3. The first-order valence-electron chi connectivity index (χ1n) is 6.13. The molecule has 0 aliphatic heterocycles. The van der Waals surface area contributed by atoms with Crippen molar-refractivity contribution < 1.29 is 0 Å². The highest BCUT2D eigenvalue weighted by molar-refractivity contribution is 5.43. The van der Waals surface area contributed by atoms with E-state index in [-0.39, 0.29) is 0 Å². The van der Waals surface area contributed by atoms with Gasteiger partial charge in [0, 0.05) is 32.0 Å². The van der Waals surface area contributed by atoms with Crippen LogP contribution in [0.5, 0.6) is 0 Å². The molecule has 0 spiro atoms. The third-order valence-corrected chi connectivity index (χ3v) is 2.85. The molecule has 0 fully saturated rings. The summed E-state index contributed by atoms with van der Waals surface area (Å²) in [4.78, 5) is 6.60. The van der Waals surface area contributed by atoms with Crippen molar-refractivity contribution in [3.8, 4) is 0 Å². The minimum Gasteiger partial charge on any atom is -0.388 e. The van der Waals surface area contributed by atoms with E-state index in [9.17, 15) is 0 Å². The molecule has 0 saturated heterocycles. The highest BCUT2D eigenvalue weighted by Gasteiger charge is 2.02. The Bertz CT molecular complexity index is 465. The molecule has 2 rings (SSSR count). The fourth-order valence-corrected chi connectivity index (χ4v) is 1.91. The van der Waals surface area contributed by atoms with Gasteiger partial charge in [-0.05, 0) is 36.9 Å². The molecule has 0 saturated carbocycles. The lowest BCUT2D eigenvalue weighted by Crippen LogP contribution is -2.17. The molecule has 0 atom stereocenters. The van der Waals surface area contributed by atoms with Crippen LogP contribution in [0.15, 0.2) is 48.7 Å². The number of nitrogens with zero attached hydrogens (tertiary/aromatic N) is 2. The van der Waals surface area contributed by atoms with Crippen LogP contribution in [0, 0.1) is 0 Å². The molecular weight excluding hydrogens is 222 g/mol. The molecule has 0 radical (unpaired) electrons. The van der Waals surface area contributed by atoms with Gasteiger partial charge in [-0.25, -0.2) is 0 Å². The van der Waals surface area contributed by atoms with Crippen LogP contribution in [0.4, 0.5) is 5.69 Å². The third-order valence-electron chi connectivity index (χ3n) is 2.85. The topological polar surface area (TPSA) is 28.2 Å². The molecule has 18 heavy (non-hydrogen) atoms. The third kappa shape index (κ3) is 3.57. The Kier molecular flexibility index (Phi) is 4.31. The molecule has 1 aromatic heterocycles. The Morgan fingerprint density at radius 3 is 2.44 bits per heavy atom. The van der Waals surface area contributed by atoms with Crippen LogP contribution in [0.3, 0.4) is 0 Å². The molecule has 1 heterocycles. The molecule has 0 aliphatic rings. The number of rotatable bonds is 5. The van der Waals surface area contributed by atoms with Crippen molar-refractivity contribution in [1.29, 1.82) is 0 Å². The molecule has 2 aromatic rings. The first kappa shape index (κ1) is 12.6. The van der Waals surface area contributed by atoms with Crippen molar-refractivity contribution in [2.24, 2.45) is 0 Å². The van der Waals surface area contributed by atoms with Crippen LogP contribution in [0.25, 0.3) is 0 Å². The molecule has 1 N–H and O–H groups in total. The molecule has 94 valence electrons. The van der Waals surface area contributed by atoms with Gasteiger partial charge in [0.1, 0.15) is 0 Å². The minimum absolute atomic E-state index is 0.870. The fraction of sp³-hybridized carbons (Fsp3) is 0.267. The zero-order valence-corrected chi connectivity index (χ0v) is 10.9. The Hall–Kier alpha value is -1.87. The van der Waals surface area contributed by atoms with Crippen molar-refractivity contribution in [3.63, 3.8) is 0 Å². The van der Waals surface area contributed by atoms with E-state index in [4.69, 9.17) is 0 Å². The van der Waals surface area contributed by atoms with Gasteiger partial charge in [-0.2, -0.15) is 0 Å². The van der Waals surface area contributed by atoms with Crippen LogP contribution in [0.1, 0.15) is 11.3 Å². The predicted octanol–water partition coefficient (Wildman–Crippen LogP) is 2.76. The van der Waals surface area contributed by atoms with E-state index in [1.807, 2.05) is 25.4 Å². The lowest BCUT2D eigenvalue weighted by atomic mass is 10.2. The number of hydrogen-bond acceptors (Lipinski definition) is 3. The van der Waals surface area contributed by atoms with Crippen LogP contribution in [-0.2, 0) is 13.1 Å². The number of aromatic nitrogens is 1. The van der Waals surface area contributed by atoms with Crippen molar-refractivity contribution in [1.82, 2.24) is 9.88 Å². The Balaban J connectivity index is 1.92. The van der Waals surface area contributed by atoms with E-state index in [1.54, 1.807) is 0 Å². The molecule has 0 bridgehead atoms. The highest BCUT2D eigenvalue weighted by atomic mass is 15.1. The zero-order chi connectivity index (χ0) is 12.8. The first-order valence-corrected chi connectivity index (χ1v) is 6.13. The second kappa shape index (κ2) is 6.17. The van der Waals surface area contributed by atoms with Gasteiger partial charge < -0.3 is 5.32 Å². The van der Waals surface area contributed by atoms with Gasteiger partial charge in [0.2, 0.25) is 0 Å². The van der Waals surface area contributed by atoms with E-state index >= 15 is 0 Å². The zero-order valence-electron chi connectivity index (χ0n) is 10.9. The van der Waals surface area contributed by atoms with Gasteiger partial charge in [-0.15, -0.1) is 0 Å². The lowest BCUT2D eigenvalue weighted by molar-refractivity contribution is 0.315. The summed E-state index contributed by atoms with van der Waals surface area (Å²) in [5.74, 6) is 0. The molecule has 3 nitrogen and oxygen atoms in total. The summed E-state index contributed by atoms with van der Waals surface area (Å²) in [7, 11) is 4.04. The second-order valence-corrected chi connectivity index (χ2v) is 4.44. The predicted molar refractivity (Wildman–Crippen MR) is 75.4 cm³/mol. The van der Waals surface area contributed by atoms with Gasteiger partial charge in [0.15, 0.2) is 0 Å². The van der Waals surface area contributed by atoms with Crippen LogP contribution in [-0.4, -0.2) is 24.0 Å². The number of pyridine rings is 1. The Morgan fingerprint density at radius 1 is 1.06 bits per heavy atom. The summed E-state index contributed by atoms with van der Waals surface area (Å²) in [5.41, 5.74) is 3.56. The van der Waals surface area contributed by atoms with E-state index in [0.29, 0.717) is 0 Å². The van der Waals surface area contributed by atoms with Gasteiger partial charge >= 0.3 is 0 Å². The number of anilines is 1. The second-order valence-electron chi connectivity index (χ2n) is 4.44. The Labute approximate surface area is 108 Å². The maximum Gasteiger partial charge on any atom is 0.0543 e. The number of benzene rings is 1. The van der Waals surface area contributed by atoms with Crippen molar-refractivity contribution in [2.75, 3.05) is 19.4 Å². The van der Waals surface area contributed by atoms with Crippen LogP contribution in [0.2, 0.25) is 0 Å². The highest BCUT2D eigenvalue weighted by Crippen LogP contribution is 2.11. The average Bonchev–Trinajstić information content (AvgIpc) is 2.40. The Morgan fingerprint density at radius 2 is 1.83 bits per heavy atom. The van der Waals surface area contributed by atoms with Crippen LogP contribution >= 0.6 is 0 Å². The van der Waals surface area contributed by atoms with Gasteiger partial charge in [0.05, 0.1) is 5.69 Å². The maximum atomic E-state index is 4.34. The molecule has 0 aliphatic carbocycles. The summed E-state index contributed by atoms with van der Waals surface area (Å²) < 4.78 is 0. The van der Waals surface area contributed by atoms with Crippen molar-refractivity contribution in [2.45, 2.75) is 13.1 Å². The van der Waals surface area contributed by atoms with Crippen molar-refractivity contribution in [3.05, 3.63) is 59.9 Å². The van der Waals surface area contributed by atoms with Gasteiger partial charge in [0.25, 0.3) is 0 Å². The summed E-state index contributed by atoms with van der Waals surface area (Å²) >= 11 is 0. The minimum atomic E-state index is 0.870. The molecule has 0 unspecified atom stereocenters. The fourth-order valence-electron chi connectivity index (χ4n) is 1.91. The van der Waals surface area contributed by atoms with E-state index in [1.165, 1.54) is 5.56 Å². The van der Waals surface area contributed by atoms with E-state index in [0.717, 1.165) is 24.5 Å². The lowest BCUT2D eigenvalue weighted by Gasteiger charge is -2.16.